The molecule has 0 aromatic carbocycles. The van der Waals surface area contributed by atoms with E-state index in [4.69, 9.17) is 0 Å². The van der Waals surface area contributed by atoms with Gasteiger partial charge in [-0.2, -0.15) is 0 Å². The first-order chi connectivity index (χ1) is 18.0. The summed E-state index contributed by atoms with van der Waals surface area (Å²) in [7, 11) is 0. The summed E-state index contributed by atoms with van der Waals surface area (Å²) < 4.78 is 0. The molecule has 230 valence electrons. The van der Waals surface area contributed by atoms with Gasteiger partial charge in [-0.1, -0.05) is 193 Å². The van der Waals surface area contributed by atoms with Crippen LogP contribution >= 0.6 is 0 Å². The van der Waals surface area contributed by atoms with Crippen LogP contribution in [0.25, 0.3) is 0 Å². The van der Waals surface area contributed by atoms with Crippen LogP contribution in [0.3, 0.4) is 0 Å². The monoisotopic (exact) mass is 527 g/mol. The molecule has 3 rings (SSSR count). The molecule has 2 unspecified atom stereocenters. The van der Waals surface area contributed by atoms with Gasteiger partial charge in [0.15, 0.2) is 0 Å². The minimum Gasteiger partial charge on any atom is -0.0683 e. The molecule has 3 fully saturated rings. The molecule has 2 atom stereocenters. The summed E-state index contributed by atoms with van der Waals surface area (Å²) in [6, 6.07) is 0. The van der Waals surface area contributed by atoms with Gasteiger partial charge >= 0.3 is 0 Å². The van der Waals surface area contributed by atoms with Crippen LogP contribution in [0.15, 0.2) is 0 Å². The standard InChI is InChI=1S/C17H32.C9H18.C3H8.4C2H6/c1-2-3-4-5-6-8-11-16-14-17(15-16)12-9-7-10-13-17;1-8-4-3-5-9(2)7-6-8;1-3-2;4*1-2/h16H,2-15H2,1H3;8-9H,3-7H2,1-2H3;3H2,1-2H3;4*1-2H3. The van der Waals surface area contributed by atoms with Gasteiger partial charge in [0.1, 0.15) is 0 Å². The number of unbranched alkanes of at least 4 members (excludes halogenated alkanes) is 5. The van der Waals surface area contributed by atoms with Crippen LogP contribution in [0.1, 0.15) is 218 Å². The summed E-state index contributed by atoms with van der Waals surface area (Å²) in [6.07, 6.45) is 29.9. The first-order valence-corrected chi connectivity index (χ1v) is 18.0. The average Bonchev–Trinajstić information content (AvgIpc) is 3.13. The Balaban J connectivity index is -0.000000230. The van der Waals surface area contributed by atoms with Gasteiger partial charge in [0.2, 0.25) is 0 Å². The van der Waals surface area contributed by atoms with Gasteiger partial charge in [-0.15, -0.1) is 0 Å². The first kappa shape index (κ1) is 44.0. The van der Waals surface area contributed by atoms with Crippen LogP contribution in [0.2, 0.25) is 0 Å². The van der Waals surface area contributed by atoms with E-state index < -0.39 is 0 Å². The molecule has 0 radical (unpaired) electrons. The summed E-state index contributed by atoms with van der Waals surface area (Å²) in [4.78, 5) is 0. The lowest BCUT2D eigenvalue weighted by atomic mass is 9.55. The Morgan fingerprint density at radius 3 is 1.35 bits per heavy atom. The van der Waals surface area contributed by atoms with Crippen molar-refractivity contribution >= 4 is 0 Å². The van der Waals surface area contributed by atoms with Gasteiger partial charge in [0, 0.05) is 0 Å². The van der Waals surface area contributed by atoms with Crippen molar-refractivity contribution in [2.45, 2.75) is 218 Å². The lowest BCUT2D eigenvalue weighted by molar-refractivity contribution is 0.00968. The Morgan fingerprint density at radius 1 is 0.514 bits per heavy atom. The van der Waals surface area contributed by atoms with E-state index in [-0.39, 0.29) is 0 Å². The first-order valence-electron chi connectivity index (χ1n) is 18.0. The Labute approximate surface area is 241 Å². The summed E-state index contributed by atoms with van der Waals surface area (Å²) >= 11 is 0. The van der Waals surface area contributed by atoms with Gasteiger partial charge < -0.3 is 0 Å². The van der Waals surface area contributed by atoms with Crippen LogP contribution in [-0.2, 0) is 0 Å². The smallest absolute Gasteiger partial charge is 0.0292 e. The van der Waals surface area contributed by atoms with E-state index in [1.807, 2.05) is 55.4 Å². The lowest BCUT2D eigenvalue weighted by Gasteiger charge is -2.50. The molecule has 0 heteroatoms. The fourth-order valence-corrected chi connectivity index (χ4v) is 5.96. The summed E-state index contributed by atoms with van der Waals surface area (Å²) in [5, 5.41) is 0. The highest BCUT2D eigenvalue weighted by Crippen LogP contribution is 2.56. The summed E-state index contributed by atoms with van der Waals surface area (Å²) in [6.45, 7) is 27.3. The van der Waals surface area contributed by atoms with Crippen LogP contribution in [0.5, 0.6) is 0 Å². The third-order valence-electron chi connectivity index (χ3n) is 7.87. The molecule has 3 aliphatic rings. The second-order valence-corrected chi connectivity index (χ2v) is 11.3. The van der Waals surface area contributed by atoms with E-state index in [1.165, 1.54) is 96.3 Å². The minimum absolute atomic E-state index is 0.866. The number of rotatable bonds is 7. The highest BCUT2D eigenvalue weighted by Gasteiger charge is 2.43. The third kappa shape index (κ3) is 27.4. The molecule has 0 nitrogen and oxygen atoms in total. The molecular formula is C37H82. The molecule has 3 aliphatic carbocycles. The van der Waals surface area contributed by atoms with Crippen molar-refractivity contribution in [3.05, 3.63) is 0 Å². The number of hydrogen-bond donors (Lipinski definition) is 0. The van der Waals surface area contributed by atoms with Crippen molar-refractivity contribution in [2.24, 2.45) is 23.2 Å². The fourth-order valence-electron chi connectivity index (χ4n) is 5.96. The molecule has 0 aromatic rings. The Morgan fingerprint density at radius 2 is 0.919 bits per heavy atom. The molecule has 0 aliphatic heterocycles. The molecule has 1 spiro atoms. The van der Waals surface area contributed by atoms with E-state index in [0.717, 1.165) is 23.2 Å². The molecule has 37 heavy (non-hydrogen) atoms. The normalized spacial score (nSPS) is 21.3. The molecule has 0 amide bonds. The quantitative estimate of drug-likeness (QED) is 0.228. The zero-order valence-electron chi connectivity index (χ0n) is 29.4. The zero-order chi connectivity index (χ0) is 29.4. The van der Waals surface area contributed by atoms with Crippen LogP contribution in [0.4, 0.5) is 0 Å². The minimum atomic E-state index is 0.866. The van der Waals surface area contributed by atoms with Gasteiger partial charge in [-0.25, -0.2) is 0 Å². The lowest BCUT2D eigenvalue weighted by Crippen LogP contribution is -2.38. The fraction of sp³-hybridized carbons (Fsp3) is 1.00. The molecule has 0 saturated heterocycles. The molecule has 0 N–H and O–H groups in total. The van der Waals surface area contributed by atoms with E-state index >= 15 is 0 Å². The maximum absolute atomic E-state index is 2.39. The largest absolute Gasteiger partial charge is 0.0683 e. The molecule has 0 bridgehead atoms. The highest BCUT2D eigenvalue weighted by atomic mass is 14.5. The predicted octanol–water partition coefficient (Wildman–Crippen LogP) is 14.8. The molecule has 0 heterocycles. The maximum Gasteiger partial charge on any atom is -0.0292 e. The van der Waals surface area contributed by atoms with Crippen LogP contribution < -0.4 is 0 Å². The Kier molecular flexibility index (Phi) is 42.8. The van der Waals surface area contributed by atoms with E-state index in [1.54, 1.807) is 32.1 Å². The second-order valence-electron chi connectivity index (χ2n) is 11.3. The summed E-state index contributed by atoms with van der Waals surface area (Å²) in [5.74, 6) is 3.14. The number of hydrogen-bond acceptors (Lipinski definition) is 0. The maximum atomic E-state index is 2.39. The molecule has 0 aromatic heterocycles. The average molecular weight is 527 g/mol. The highest BCUT2D eigenvalue weighted by molar-refractivity contribution is 4.94. The van der Waals surface area contributed by atoms with E-state index in [0.29, 0.717) is 0 Å². The van der Waals surface area contributed by atoms with Crippen molar-refractivity contribution in [1.29, 1.82) is 0 Å². The van der Waals surface area contributed by atoms with Crippen molar-refractivity contribution < 1.29 is 0 Å². The Hall–Kier alpha value is 0. The van der Waals surface area contributed by atoms with Gasteiger partial charge in [-0.3, -0.25) is 0 Å². The topological polar surface area (TPSA) is 0 Å². The molecular weight excluding hydrogens is 444 g/mol. The van der Waals surface area contributed by atoms with Gasteiger partial charge in [0.05, 0.1) is 0 Å². The Bertz CT molecular complexity index is 333. The SMILES string of the molecule is CC.CC.CC.CC.CC1CCCC(C)CC1.CCC.CCCCCCCCC1CC2(CCCCC2)C1. The van der Waals surface area contributed by atoms with Crippen LogP contribution in [-0.4, -0.2) is 0 Å². The van der Waals surface area contributed by atoms with Crippen molar-refractivity contribution in [3.63, 3.8) is 0 Å². The second kappa shape index (κ2) is 36.0. The zero-order valence-corrected chi connectivity index (χ0v) is 29.4. The van der Waals surface area contributed by atoms with Gasteiger partial charge in [0.25, 0.3) is 0 Å². The van der Waals surface area contributed by atoms with Crippen molar-refractivity contribution in [2.75, 3.05) is 0 Å². The van der Waals surface area contributed by atoms with E-state index in [9.17, 15) is 0 Å². The predicted molar refractivity (Wildman–Crippen MR) is 179 cm³/mol. The summed E-state index contributed by atoms with van der Waals surface area (Å²) in [5.41, 5.74) is 0.866. The third-order valence-corrected chi connectivity index (χ3v) is 7.87. The van der Waals surface area contributed by atoms with Crippen molar-refractivity contribution in [1.82, 2.24) is 0 Å². The van der Waals surface area contributed by atoms with Gasteiger partial charge in [-0.05, 0) is 48.9 Å². The van der Waals surface area contributed by atoms with Crippen molar-refractivity contribution in [3.8, 4) is 0 Å². The molecule has 3 saturated carbocycles. The van der Waals surface area contributed by atoms with Crippen LogP contribution in [0, 0.1) is 23.2 Å². The van der Waals surface area contributed by atoms with E-state index in [2.05, 4.69) is 34.6 Å².